The van der Waals surface area contributed by atoms with E-state index in [0.29, 0.717) is 12.2 Å². The summed E-state index contributed by atoms with van der Waals surface area (Å²) in [7, 11) is 1.68. The second kappa shape index (κ2) is 6.78. The molecule has 7 heteroatoms. The molecule has 2 amide bonds. The van der Waals surface area contributed by atoms with Crippen molar-refractivity contribution in [2.75, 3.05) is 25.5 Å². The van der Waals surface area contributed by atoms with Gasteiger partial charge in [-0.05, 0) is 31.0 Å². The molecule has 0 saturated carbocycles. The Labute approximate surface area is 127 Å². The lowest BCUT2D eigenvalue weighted by molar-refractivity contribution is 0.0697. The number of ether oxygens (including phenoxy) is 1. The van der Waals surface area contributed by atoms with Crippen molar-refractivity contribution in [1.29, 1.82) is 0 Å². The zero-order valence-electron chi connectivity index (χ0n) is 11.6. The molecule has 1 aliphatic heterocycles. The van der Waals surface area contributed by atoms with Crippen molar-refractivity contribution >= 4 is 29.3 Å². The number of likely N-dealkylation sites (N-methyl/N-ethyl adjacent to an activating group) is 1. The Balaban J connectivity index is 1.95. The molecule has 1 saturated heterocycles. The Kier molecular flexibility index (Phi) is 5.03. The Bertz CT molecular complexity index is 544. The van der Waals surface area contributed by atoms with Gasteiger partial charge >= 0.3 is 12.0 Å². The number of hydrogen-bond donors (Lipinski definition) is 2. The smallest absolute Gasteiger partial charge is 0.337 e. The molecule has 1 unspecified atom stereocenters. The molecule has 21 heavy (non-hydrogen) atoms. The first-order chi connectivity index (χ1) is 9.97. The van der Waals surface area contributed by atoms with Crippen LogP contribution in [0.3, 0.4) is 0 Å². The zero-order chi connectivity index (χ0) is 15.4. The number of halogens is 1. The first kappa shape index (κ1) is 15.6. The summed E-state index contributed by atoms with van der Waals surface area (Å²) in [4.78, 5) is 24.4. The Morgan fingerprint density at radius 1 is 1.52 bits per heavy atom. The third-order valence-electron chi connectivity index (χ3n) is 3.30. The summed E-state index contributed by atoms with van der Waals surface area (Å²) in [5.41, 5.74) is 0.455. The number of nitrogens with zero attached hydrogens (tertiary/aromatic N) is 1. The van der Waals surface area contributed by atoms with Crippen molar-refractivity contribution in [3.8, 4) is 0 Å². The van der Waals surface area contributed by atoms with Gasteiger partial charge in [-0.1, -0.05) is 11.6 Å². The number of anilines is 1. The van der Waals surface area contributed by atoms with Crippen LogP contribution in [0.15, 0.2) is 18.2 Å². The van der Waals surface area contributed by atoms with E-state index in [1.165, 1.54) is 23.1 Å². The molecule has 2 N–H and O–H groups in total. The fourth-order valence-electron chi connectivity index (χ4n) is 2.16. The molecule has 1 fully saturated rings. The number of carbonyl (C=O) groups is 2. The van der Waals surface area contributed by atoms with Gasteiger partial charge in [0.25, 0.3) is 0 Å². The lowest BCUT2D eigenvalue weighted by Gasteiger charge is -2.21. The van der Waals surface area contributed by atoms with E-state index in [0.717, 1.165) is 19.4 Å². The van der Waals surface area contributed by atoms with Crippen molar-refractivity contribution in [3.05, 3.63) is 28.8 Å². The van der Waals surface area contributed by atoms with Crippen LogP contribution in [0.25, 0.3) is 0 Å². The maximum atomic E-state index is 12.0. The lowest BCUT2D eigenvalue weighted by atomic mass is 10.2. The van der Waals surface area contributed by atoms with E-state index in [9.17, 15) is 9.59 Å². The van der Waals surface area contributed by atoms with Gasteiger partial charge in [-0.15, -0.1) is 0 Å². The van der Waals surface area contributed by atoms with Gasteiger partial charge in [0, 0.05) is 25.9 Å². The number of amides is 2. The van der Waals surface area contributed by atoms with E-state index < -0.39 is 5.97 Å². The summed E-state index contributed by atoms with van der Waals surface area (Å²) in [5.74, 6) is -1.10. The Morgan fingerprint density at radius 3 is 2.86 bits per heavy atom. The summed E-state index contributed by atoms with van der Waals surface area (Å²) in [6, 6.07) is 4.00. The average molecular weight is 313 g/mol. The van der Waals surface area contributed by atoms with Crippen molar-refractivity contribution in [3.63, 3.8) is 0 Å². The number of hydrogen-bond acceptors (Lipinski definition) is 3. The van der Waals surface area contributed by atoms with Crippen LogP contribution in [0.2, 0.25) is 5.02 Å². The van der Waals surface area contributed by atoms with Gasteiger partial charge in [0.05, 0.1) is 16.7 Å². The van der Waals surface area contributed by atoms with Crippen LogP contribution in [-0.2, 0) is 4.74 Å². The van der Waals surface area contributed by atoms with Crippen LogP contribution in [0.5, 0.6) is 0 Å². The SMILES string of the molecule is CN(CC1CCCO1)C(=O)Nc1ccc(C(=O)O)c(Cl)c1. The van der Waals surface area contributed by atoms with E-state index in [1.807, 2.05) is 0 Å². The number of urea groups is 1. The second-order valence-electron chi connectivity index (χ2n) is 4.95. The predicted octanol–water partition coefficient (Wildman–Crippen LogP) is 2.68. The number of rotatable bonds is 4. The van der Waals surface area contributed by atoms with E-state index in [2.05, 4.69) is 5.32 Å². The van der Waals surface area contributed by atoms with E-state index >= 15 is 0 Å². The number of carboxylic acid groups (broad SMARTS) is 1. The number of aromatic carboxylic acids is 1. The van der Waals surface area contributed by atoms with Gasteiger partial charge in [0.1, 0.15) is 0 Å². The second-order valence-corrected chi connectivity index (χ2v) is 5.35. The monoisotopic (exact) mass is 312 g/mol. The molecule has 1 aliphatic rings. The summed E-state index contributed by atoms with van der Waals surface area (Å²) in [6.45, 7) is 1.26. The number of carbonyl (C=O) groups excluding carboxylic acids is 1. The van der Waals surface area contributed by atoms with Gasteiger partial charge in [-0.2, -0.15) is 0 Å². The molecule has 0 aromatic heterocycles. The molecule has 114 valence electrons. The van der Waals surface area contributed by atoms with E-state index in [4.69, 9.17) is 21.4 Å². The van der Waals surface area contributed by atoms with Crippen LogP contribution >= 0.6 is 11.6 Å². The fraction of sp³-hybridized carbons (Fsp3) is 0.429. The maximum absolute atomic E-state index is 12.0. The predicted molar refractivity (Wildman–Crippen MR) is 79.0 cm³/mol. The molecule has 1 heterocycles. The molecular formula is C14H17ClN2O4. The normalized spacial score (nSPS) is 17.5. The van der Waals surface area contributed by atoms with Crippen LogP contribution in [0.4, 0.5) is 10.5 Å². The highest BCUT2D eigenvalue weighted by atomic mass is 35.5. The minimum absolute atomic E-state index is 0.00220. The number of carboxylic acids is 1. The topological polar surface area (TPSA) is 78.9 Å². The summed E-state index contributed by atoms with van der Waals surface area (Å²) in [5, 5.41) is 11.7. The van der Waals surface area contributed by atoms with Crippen LogP contribution in [0, 0.1) is 0 Å². The first-order valence-corrected chi connectivity index (χ1v) is 7.01. The highest BCUT2D eigenvalue weighted by Gasteiger charge is 2.20. The fourth-order valence-corrected chi connectivity index (χ4v) is 2.42. The van der Waals surface area contributed by atoms with Crippen LogP contribution in [-0.4, -0.2) is 48.3 Å². The van der Waals surface area contributed by atoms with Gasteiger partial charge in [0.2, 0.25) is 0 Å². The third-order valence-corrected chi connectivity index (χ3v) is 3.61. The quantitative estimate of drug-likeness (QED) is 0.896. The van der Waals surface area contributed by atoms with Gasteiger partial charge < -0.3 is 20.1 Å². The molecule has 1 aromatic rings. The Hall–Kier alpha value is -1.79. The van der Waals surface area contributed by atoms with Gasteiger partial charge in [-0.3, -0.25) is 0 Å². The summed E-state index contributed by atoms with van der Waals surface area (Å²) >= 11 is 5.86. The third kappa shape index (κ3) is 4.09. The van der Waals surface area contributed by atoms with Crippen molar-refractivity contribution in [1.82, 2.24) is 4.90 Å². The largest absolute Gasteiger partial charge is 0.478 e. The molecule has 0 aliphatic carbocycles. The van der Waals surface area contributed by atoms with Gasteiger partial charge in [-0.25, -0.2) is 9.59 Å². The number of nitrogens with one attached hydrogen (secondary N) is 1. The summed E-state index contributed by atoms with van der Waals surface area (Å²) < 4.78 is 5.48. The molecule has 0 radical (unpaired) electrons. The minimum Gasteiger partial charge on any atom is -0.478 e. The average Bonchev–Trinajstić information content (AvgIpc) is 2.91. The highest BCUT2D eigenvalue weighted by Crippen LogP contribution is 2.21. The summed E-state index contributed by atoms with van der Waals surface area (Å²) in [6.07, 6.45) is 2.06. The van der Waals surface area contributed by atoms with E-state index in [-0.39, 0.29) is 22.7 Å². The van der Waals surface area contributed by atoms with Gasteiger partial charge in [0.15, 0.2) is 0 Å². The number of benzene rings is 1. The Morgan fingerprint density at radius 2 is 2.29 bits per heavy atom. The standard InChI is InChI=1S/C14H17ClN2O4/c1-17(8-10-3-2-6-21-10)14(20)16-9-4-5-11(13(18)19)12(15)7-9/h4-5,7,10H,2-3,6,8H2,1H3,(H,16,20)(H,18,19). The molecular weight excluding hydrogens is 296 g/mol. The van der Waals surface area contributed by atoms with Crippen molar-refractivity contribution in [2.45, 2.75) is 18.9 Å². The molecule has 1 atom stereocenters. The molecule has 2 rings (SSSR count). The van der Waals surface area contributed by atoms with Crippen LogP contribution < -0.4 is 5.32 Å². The minimum atomic E-state index is -1.10. The van der Waals surface area contributed by atoms with Crippen molar-refractivity contribution < 1.29 is 19.4 Å². The maximum Gasteiger partial charge on any atom is 0.337 e. The molecule has 0 bridgehead atoms. The zero-order valence-corrected chi connectivity index (χ0v) is 12.4. The molecule has 0 spiro atoms. The van der Waals surface area contributed by atoms with Crippen molar-refractivity contribution in [2.24, 2.45) is 0 Å². The molecule has 6 nitrogen and oxygen atoms in total. The first-order valence-electron chi connectivity index (χ1n) is 6.64. The molecule has 1 aromatic carbocycles. The van der Waals surface area contributed by atoms with Crippen LogP contribution in [0.1, 0.15) is 23.2 Å². The van der Waals surface area contributed by atoms with E-state index in [1.54, 1.807) is 7.05 Å². The highest BCUT2D eigenvalue weighted by molar-refractivity contribution is 6.33. The lowest BCUT2D eigenvalue weighted by Crippen LogP contribution is -2.37.